The average molecular weight is 207 g/mol. The molecule has 0 radical (unpaired) electrons. The number of hydrogen-bond donors (Lipinski definition) is 1. The minimum atomic E-state index is 0.234. The summed E-state index contributed by atoms with van der Waals surface area (Å²) in [7, 11) is 0. The minimum absolute atomic E-state index is 0.234. The van der Waals surface area contributed by atoms with Crippen LogP contribution in [0.4, 0.5) is 0 Å². The quantitative estimate of drug-likeness (QED) is 0.399. The lowest BCUT2D eigenvalue weighted by Gasteiger charge is -2.64. The first-order valence-electron chi connectivity index (χ1n) is 6.15. The molecule has 0 amide bonds. The smallest absolute Gasteiger partial charge is 0.0498 e. The molecule has 4 aliphatic carbocycles. The second-order valence-corrected chi connectivity index (χ2v) is 7.24. The fraction of sp³-hybridized carbons (Fsp3) is 0.923. The van der Waals surface area contributed by atoms with Gasteiger partial charge in [0.2, 0.25) is 0 Å². The molecular weight excluding hydrogens is 186 g/mol. The fourth-order valence-corrected chi connectivity index (χ4v) is 5.80. The van der Waals surface area contributed by atoms with Gasteiger partial charge in [-0.25, -0.2) is 0 Å². The van der Waals surface area contributed by atoms with Crippen LogP contribution in [0, 0.1) is 22.2 Å². The largest absolute Gasteiger partial charge is 0.411 e. The summed E-state index contributed by atoms with van der Waals surface area (Å²) in [6.45, 7) is 4.88. The Morgan fingerprint density at radius 2 is 1.67 bits per heavy atom. The van der Waals surface area contributed by atoms with Crippen LogP contribution in [0.15, 0.2) is 5.16 Å². The molecule has 0 aliphatic heterocycles. The van der Waals surface area contributed by atoms with Crippen molar-refractivity contribution in [2.45, 2.75) is 52.4 Å². The molecule has 0 heterocycles. The van der Waals surface area contributed by atoms with Crippen LogP contribution < -0.4 is 0 Å². The highest BCUT2D eigenvalue weighted by Crippen LogP contribution is 2.68. The van der Waals surface area contributed by atoms with E-state index in [-0.39, 0.29) is 5.41 Å². The van der Waals surface area contributed by atoms with Crippen molar-refractivity contribution >= 4 is 6.21 Å². The van der Waals surface area contributed by atoms with E-state index >= 15 is 0 Å². The van der Waals surface area contributed by atoms with E-state index in [1.54, 1.807) is 0 Å². The van der Waals surface area contributed by atoms with Crippen LogP contribution in [0.25, 0.3) is 0 Å². The summed E-state index contributed by atoms with van der Waals surface area (Å²) in [5.41, 5.74) is 1.28. The molecule has 1 N–H and O–H groups in total. The minimum Gasteiger partial charge on any atom is -0.411 e. The average Bonchev–Trinajstić information content (AvgIpc) is 1.94. The van der Waals surface area contributed by atoms with E-state index in [4.69, 9.17) is 5.21 Å². The van der Waals surface area contributed by atoms with E-state index in [1.807, 2.05) is 6.21 Å². The van der Waals surface area contributed by atoms with Gasteiger partial charge in [0.05, 0.1) is 0 Å². The highest BCUT2D eigenvalue weighted by molar-refractivity contribution is 5.66. The predicted octanol–water partition coefficient (Wildman–Crippen LogP) is 3.44. The van der Waals surface area contributed by atoms with Crippen molar-refractivity contribution in [3.8, 4) is 0 Å². The van der Waals surface area contributed by atoms with Crippen molar-refractivity contribution in [3.05, 3.63) is 0 Å². The van der Waals surface area contributed by atoms with E-state index in [9.17, 15) is 0 Å². The third kappa shape index (κ3) is 1.33. The maximum Gasteiger partial charge on any atom is 0.0498 e. The molecule has 0 aromatic carbocycles. The van der Waals surface area contributed by atoms with Gasteiger partial charge in [-0.2, -0.15) is 0 Å². The van der Waals surface area contributed by atoms with E-state index in [0.29, 0.717) is 10.8 Å². The second-order valence-electron chi connectivity index (χ2n) is 7.24. The van der Waals surface area contributed by atoms with Crippen molar-refractivity contribution in [3.63, 3.8) is 0 Å². The highest BCUT2D eigenvalue weighted by atomic mass is 16.4. The predicted molar refractivity (Wildman–Crippen MR) is 60.1 cm³/mol. The van der Waals surface area contributed by atoms with E-state index in [2.05, 4.69) is 19.0 Å². The number of nitrogens with zero attached hydrogens (tertiary/aromatic N) is 1. The normalized spacial score (nSPS) is 57.9. The Bertz CT molecular complexity index is 304. The zero-order chi connectivity index (χ0) is 10.7. The topological polar surface area (TPSA) is 32.6 Å². The zero-order valence-corrected chi connectivity index (χ0v) is 9.79. The van der Waals surface area contributed by atoms with Gasteiger partial charge in [-0.15, -0.1) is 5.16 Å². The molecule has 0 saturated heterocycles. The third-order valence-corrected chi connectivity index (χ3v) is 5.00. The molecule has 15 heavy (non-hydrogen) atoms. The van der Waals surface area contributed by atoms with Gasteiger partial charge in [-0.05, 0) is 55.3 Å². The molecule has 84 valence electrons. The molecule has 4 bridgehead atoms. The van der Waals surface area contributed by atoms with Crippen molar-refractivity contribution < 1.29 is 5.21 Å². The van der Waals surface area contributed by atoms with Crippen LogP contribution in [-0.2, 0) is 0 Å². The zero-order valence-electron chi connectivity index (χ0n) is 9.79. The van der Waals surface area contributed by atoms with Crippen molar-refractivity contribution in [1.82, 2.24) is 0 Å². The van der Waals surface area contributed by atoms with Gasteiger partial charge in [-0.3, -0.25) is 0 Å². The van der Waals surface area contributed by atoms with Crippen LogP contribution in [0.5, 0.6) is 0 Å². The van der Waals surface area contributed by atoms with Crippen LogP contribution >= 0.6 is 0 Å². The third-order valence-electron chi connectivity index (χ3n) is 5.00. The summed E-state index contributed by atoms with van der Waals surface area (Å²) in [6.07, 6.45) is 9.81. The van der Waals surface area contributed by atoms with Crippen molar-refractivity contribution in [1.29, 1.82) is 0 Å². The van der Waals surface area contributed by atoms with E-state index in [0.717, 1.165) is 5.92 Å². The lowest BCUT2D eigenvalue weighted by atomic mass is 9.40. The summed E-state index contributed by atoms with van der Waals surface area (Å²) >= 11 is 0. The number of hydrogen-bond acceptors (Lipinski definition) is 2. The van der Waals surface area contributed by atoms with Crippen LogP contribution in [0.2, 0.25) is 0 Å². The molecule has 2 heteroatoms. The monoisotopic (exact) mass is 207 g/mol. The summed E-state index contributed by atoms with van der Waals surface area (Å²) in [5, 5.41) is 12.2. The van der Waals surface area contributed by atoms with Crippen molar-refractivity contribution in [2.75, 3.05) is 0 Å². The Morgan fingerprint density at radius 1 is 1.07 bits per heavy atom. The van der Waals surface area contributed by atoms with E-state index in [1.165, 1.54) is 38.5 Å². The maximum absolute atomic E-state index is 8.86. The summed E-state index contributed by atoms with van der Waals surface area (Å²) in [6, 6.07) is 0. The molecule has 2 atom stereocenters. The lowest BCUT2D eigenvalue weighted by molar-refractivity contribution is -0.114. The molecular formula is C13H21NO. The van der Waals surface area contributed by atoms with Gasteiger partial charge in [0.25, 0.3) is 0 Å². The number of oxime groups is 1. The van der Waals surface area contributed by atoms with Gasteiger partial charge < -0.3 is 5.21 Å². The first kappa shape index (κ1) is 9.68. The molecule has 4 aliphatic rings. The van der Waals surface area contributed by atoms with Crippen LogP contribution in [0.3, 0.4) is 0 Å². The molecule has 4 rings (SSSR count). The summed E-state index contributed by atoms with van der Waals surface area (Å²) in [4.78, 5) is 0. The van der Waals surface area contributed by atoms with Gasteiger partial charge in [0.15, 0.2) is 0 Å². The molecule has 0 spiro atoms. The first-order valence-corrected chi connectivity index (χ1v) is 6.15. The Morgan fingerprint density at radius 3 is 2.13 bits per heavy atom. The summed E-state index contributed by atoms with van der Waals surface area (Å²) in [5.74, 6) is 0.884. The van der Waals surface area contributed by atoms with Crippen molar-refractivity contribution in [2.24, 2.45) is 27.3 Å². The van der Waals surface area contributed by atoms with Crippen LogP contribution in [0.1, 0.15) is 52.4 Å². The molecule has 4 fully saturated rings. The lowest BCUT2D eigenvalue weighted by Crippen LogP contribution is -2.55. The Hall–Kier alpha value is -0.530. The molecule has 0 aromatic heterocycles. The number of rotatable bonds is 1. The van der Waals surface area contributed by atoms with Gasteiger partial charge in [-0.1, -0.05) is 13.8 Å². The standard InChI is InChI=1S/C13H21NO/c1-11-3-10-4-12(2,6-11)8-13(5-10,7-11)9-14-15/h9-10,15H,3-8H2,1-2H3. The van der Waals surface area contributed by atoms with Gasteiger partial charge in [0.1, 0.15) is 0 Å². The van der Waals surface area contributed by atoms with Gasteiger partial charge >= 0.3 is 0 Å². The van der Waals surface area contributed by atoms with Crippen LogP contribution in [-0.4, -0.2) is 11.4 Å². The molecule has 4 saturated carbocycles. The fourth-order valence-electron chi connectivity index (χ4n) is 5.80. The van der Waals surface area contributed by atoms with Gasteiger partial charge in [0, 0.05) is 11.6 Å². The SMILES string of the molecule is CC12CC3CC(C)(C1)CC(C=NO)(C3)C2. The Kier molecular flexibility index (Phi) is 1.67. The summed E-state index contributed by atoms with van der Waals surface area (Å²) < 4.78 is 0. The Labute approximate surface area is 91.7 Å². The highest BCUT2D eigenvalue weighted by Gasteiger charge is 2.59. The first-order chi connectivity index (χ1) is 6.97. The molecule has 2 nitrogen and oxygen atoms in total. The van der Waals surface area contributed by atoms with E-state index < -0.39 is 0 Å². The Balaban J connectivity index is 2.01. The maximum atomic E-state index is 8.86. The molecule has 0 aromatic rings. The molecule has 2 unspecified atom stereocenters. The second kappa shape index (κ2) is 2.58.